The number of halogens is 2. The second-order valence-corrected chi connectivity index (χ2v) is 9.23. The summed E-state index contributed by atoms with van der Waals surface area (Å²) in [6, 6.07) is 21.2. The minimum atomic E-state index is -1.08. The summed E-state index contributed by atoms with van der Waals surface area (Å²) >= 11 is 9.53. The molecular formula is C35H44Cl2Co3HoN4O15-. The molecule has 4 heterocycles. The third kappa shape index (κ3) is 117. The van der Waals surface area contributed by atoms with Crippen molar-refractivity contribution in [3.63, 3.8) is 0 Å². The maximum absolute atomic E-state index is 10.1. The average Bonchev–Trinajstić information content (AvgIpc) is 3.13. The summed E-state index contributed by atoms with van der Waals surface area (Å²) in [6.45, 7) is 3.98. The van der Waals surface area contributed by atoms with E-state index in [0.717, 1.165) is 34.6 Å². The van der Waals surface area contributed by atoms with Crippen LogP contribution in [0.4, 0.5) is 0 Å². The molecule has 0 bridgehead atoms. The van der Waals surface area contributed by atoms with Gasteiger partial charge in [-0.3, -0.25) is 19.9 Å². The van der Waals surface area contributed by atoms with Gasteiger partial charge in [0.15, 0.2) is 0 Å². The number of carboxylic acid groups (broad SMARTS) is 5. The van der Waals surface area contributed by atoms with Crippen molar-refractivity contribution in [2.45, 2.75) is 61.0 Å². The molecule has 0 aliphatic heterocycles. The van der Waals surface area contributed by atoms with Crippen molar-refractivity contribution in [1.29, 1.82) is 0 Å². The van der Waals surface area contributed by atoms with E-state index in [1.165, 1.54) is 0 Å². The first-order valence-electron chi connectivity index (χ1n) is 14.7. The largest absolute Gasteiger partial charge is 3.00 e. The van der Waals surface area contributed by atoms with Gasteiger partial charge >= 0.3 is 50.3 Å². The maximum atomic E-state index is 10.1. The maximum Gasteiger partial charge on any atom is 3.00 e. The van der Waals surface area contributed by atoms with Gasteiger partial charge < -0.3 is 75.4 Å². The normalized spacial score (nSPS) is 7.25. The van der Waals surface area contributed by atoms with Gasteiger partial charge in [-0.15, -0.1) is 23.2 Å². The third-order valence-corrected chi connectivity index (χ3v) is 3.50. The number of nitrogens with zero attached hydrogens (tertiary/aromatic N) is 4. The molecule has 0 atom stereocenters. The number of alkyl halides is 2. The fourth-order valence-electron chi connectivity index (χ4n) is 1.93. The number of aromatic nitrogens is 4. The molecule has 0 saturated heterocycles. The van der Waals surface area contributed by atoms with Crippen LogP contribution in [0.2, 0.25) is 0 Å². The number of hydrogen-bond acceptors (Lipinski definition) is 18. The molecular weight excluding hydrogens is 1130 g/mol. The summed E-state index contributed by atoms with van der Waals surface area (Å²) in [7, 11) is 0. The zero-order chi connectivity index (χ0) is 43.9. The number of carbonyl (C=O) groups excluding carboxylic acids is 5. The van der Waals surface area contributed by atoms with Gasteiger partial charge in [0.1, 0.15) is 0 Å². The Hall–Kier alpha value is -2.89. The van der Waals surface area contributed by atoms with Crippen LogP contribution < -0.4 is 46.0 Å². The van der Waals surface area contributed by atoms with Crippen molar-refractivity contribution >= 4 is 53.0 Å². The van der Waals surface area contributed by atoms with E-state index >= 15 is 0 Å². The molecule has 0 aliphatic rings. The SMILES string of the molecule is CC(=O)[O-].CC(=O)[O-].CC(=O)[O-].CC(=O)[O-].CC(=O)[O-].ClCCl.[Co+2].[Co+2].[Co+3].[Ho].[O-]Cc1ccccn1.[O-]Cc1ccccn1.[O-]Cc1ccccn1.[O-]Cc1ccccn1.[OH3+]. The van der Waals surface area contributed by atoms with Gasteiger partial charge in [-0.05, 0) is 83.1 Å². The Kier molecular flexibility index (Phi) is 99.6. The Morgan fingerprint density at radius 3 is 0.600 bits per heavy atom. The van der Waals surface area contributed by atoms with Gasteiger partial charge in [0, 0.05) is 115 Å². The number of carbonyl (C=O) groups is 5. The van der Waals surface area contributed by atoms with E-state index in [4.69, 9.17) is 72.7 Å². The first kappa shape index (κ1) is 84.6. The first-order valence-corrected chi connectivity index (χ1v) is 15.8. The second-order valence-electron chi connectivity index (χ2n) is 8.42. The molecule has 0 fully saturated rings. The monoisotopic (exact) mass is 1170 g/mol. The van der Waals surface area contributed by atoms with Crippen LogP contribution in [0.15, 0.2) is 97.6 Å². The van der Waals surface area contributed by atoms with Gasteiger partial charge in [-0.2, -0.15) is 0 Å². The van der Waals surface area contributed by atoms with Gasteiger partial charge in [0.25, 0.3) is 0 Å². The summed E-state index contributed by atoms with van der Waals surface area (Å²) in [5.74, 6) is -5.42. The van der Waals surface area contributed by atoms with Crippen molar-refractivity contribution in [3.05, 3.63) is 120 Å². The van der Waals surface area contributed by atoms with Gasteiger partial charge in [0.05, 0.1) is 5.34 Å². The molecule has 0 amide bonds. The standard InChI is InChI=1S/4C6H6NO.5C2H4O2.CH2Cl2.3Co.Ho.H2O/c4*8-5-6-3-1-2-4-7-6;5*1-2(3)4;2-1-3;;;;;/h4*1-4H,5H2;5*1H3,(H,3,4);1H2;;;;;1H2/q4*-1;;;;;;;2*+2;+3;;/p-4. The minimum absolute atomic E-state index is 0. The fourth-order valence-corrected chi connectivity index (χ4v) is 1.93. The van der Waals surface area contributed by atoms with Crippen molar-refractivity contribution in [3.8, 4) is 0 Å². The number of aliphatic carboxylic acids is 5. The number of pyridine rings is 4. The van der Waals surface area contributed by atoms with Gasteiger partial charge in [-0.1, -0.05) is 50.7 Å². The predicted octanol–water partition coefficient (Wildman–Crippen LogP) is -5.96. The fraction of sp³-hybridized carbons (Fsp3) is 0.286. The van der Waals surface area contributed by atoms with Crippen LogP contribution in [0.1, 0.15) is 57.4 Å². The van der Waals surface area contributed by atoms with Crippen LogP contribution in [0.3, 0.4) is 0 Å². The quantitative estimate of drug-likeness (QED) is 0.104. The second kappa shape index (κ2) is 70.7. The van der Waals surface area contributed by atoms with Crippen LogP contribution >= 0.6 is 23.2 Å². The Balaban J connectivity index is -0.0000000500. The van der Waals surface area contributed by atoms with E-state index in [-0.39, 0.29) is 125 Å². The Bertz CT molecular complexity index is 1210. The molecule has 0 aliphatic carbocycles. The summed E-state index contributed by atoms with van der Waals surface area (Å²) in [4.78, 5) is 59.6. The molecule has 0 aromatic carbocycles. The first-order chi connectivity index (χ1) is 25.8. The molecule has 4 aromatic heterocycles. The Morgan fingerprint density at radius 2 is 0.550 bits per heavy atom. The van der Waals surface area contributed by atoms with E-state index in [1.807, 2.05) is 0 Å². The van der Waals surface area contributed by atoms with Gasteiger partial charge in [0.2, 0.25) is 0 Å². The molecule has 3 N–H and O–H groups in total. The number of carboxylic acids is 5. The summed E-state index contributed by atoms with van der Waals surface area (Å²) in [6.07, 6.45) is 6.47. The van der Waals surface area contributed by atoms with Crippen LogP contribution in [0.5, 0.6) is 0 Å². The molecule has 0 saturated carbocycles. The Labute approximate surface area is 419 Å². The van der Waals surface area contributed by atoms with E-state index in [0.29, 0.717) is 22.8 Å². The molecule has 0 unspecified atom stereocenters. The summed E-state index contributed by atoms with van der Waals surface area (Å²) in [5, 5.41) is 84.9. The molecule has 4 aromatic rings. The molecule has 60 heavy (non-hydrogen) atoms. The molecule has 25 heteroatoms. The van der Waals surface area contributed by atoms with Crippen molar-refractivity contribution < 1.29 is 163 Å². The van der Waals surface area contributed by atoms with E-state index in [2.05, 4.69) is 19.9 Å². The molecule has 0 spiro atoms. The minimum Gasteiger partial charge on any atom is -0.850 e. The number of hydrogen-bond donors (Lipinski definition) is 0. The summed E-state index contributed by atoms with van der Waals surface area (Å²) < 4.78 is 0. The average molecular weight is 1170 g/mol. The molecule has 4 rings (SSSR count). The zero-order valence-corrected chi connectivity index (χ0v) is 39.0. The molecule has 3 radical (unpaired) electrons. The number of rotatable bonds is 4. The zero-order valence-electron chi connectivity index (χ0n) is 32.4. The van der Waals surface area contributed by atoms with Crippen LogP contribution in [-0.4, -0.2) is 55.1 Å². The van der Waals surface area contributed by atoms with Crippen LogP contribution in [0.25, 0.3) is 0 Å². The topological polar surface area (TPSA) is 377 Å². The third-order valence-electron chi connectivity index (χ3n) is 3.50. The van der Waals surface area contributed by atoms with Crippen LogP contribution in [0, 0.1) is 37.7 Å². The van der Waals surface area contributed by atoms with E-state index in [9.17, 15) is 20.4 Å². The van der Waals surface area contributed by atoms with Gasteiger partial charge in [-0.25, -0.2) is 0 Å². The summed E-state index contributed by atoms with van der Waals surface area (Å²) in [5.41, 5.74) is 2.42. The van der Waals surface area contributed by atoms with E-state index < -0.39 is 29.8 Å². The molecule has 19 nitrogen and oxygen atoms in total. The molecule has 347 valence electrons. The van der Waals surface area contributed by atoms with Crippen molar-refractivity contribution in [2.24, 2.45) is 0 Å². The Morgan fingerprint density at radius 1 is 0.433 bits per heavy atom. The van der Waals surface area contributed by atoms with Crippen LogP contribution in [-0.2, 0) is 106 Å². The van der Waals surface area contributed by atoms with Crippen molar-refractivity contribution in [1.82, 2.24) is 19.9 Å². The van der Waals surface area contributed by atoms with E-state index in [1.54, 1.807) is 97.6 Å². The predicted molar refractivity (Wildman–Crippen MR) is 187 cm³/mol. The smallest absolute Gasteiger partial charge is 0.850 e. The van der Waals surface area contributed by atoms with Crippen molar-refractivity contribution in [2.75, 3.05) is 5.34 Å².